The first kappa shape index (κ1) is 21.3. The molecule has 0 unspecified atom stereocenters. The van der Waals surface area contributed by atoms with Crippen LogP contribution in [0.15, 0.2) is 58.6 Å². The summed E-state index contributed by atoms with van der Waals surface area (Å²) in [6.45, 7) is 4.49. The van der Waals surface area contributed by atoms with Gasteiger partial charge in [-0.25, -0.2) is 13.4 Å². The number of hydrogen-bond acceptors (Lipinski definition) is 6. The van der Waals surface area contributed by atoms with Crippen LogP contribution in [0, 0.1) is 5.92 Å². The Kier molecular flexibility index (Phi) is 5.92. The zero-order valence-electron chi connectivity index (χ0n) is 17.4. The van der Waals surface area contributed by atoms with Gasteiger partial charge >= 0.3 is 0 Å². The van der Waals surface area contributed by atoms with Crippen LogP contribution in [-0.2, 0) is 14.8 Å². The third-order valence-electron chi connectivity index (χ3n) is 5.46. The maximum atomic E-state index is 12.9. The number of aromatic nitrogens is 3. The lowest BCUT2D eigenvalue weighted by Gasteiger charge is -2.30. The second-order valence-corrected chi connectivity index (χ2v) is 9.76. The van der Waals surface area contributed by atoms with Crippen LogP contribution in [-0.4, -0.2) is 46.4 Å². The molecule has 1 N–H and O–H groups in total. The molecule has 3 heterocycles. The molecular weight excluding hydrogens is 418 g/mol. The van der Waals surface area contributed by atoms with Crippen LogP contribution in [0.2, 0.25) is 0 Å². The van der Waals surface area contributed by atoms with Crippen LogP contribution in [0.25, 0.3) is 11.3 Å². The van der Waals surface area contributed by atoms with E-state index in [-0.39, 0.29) is 36.0 Å². The van der Waals surface area contributed by atoms with Crippen LogP contribution in [0.5, 0.6) is 0 Å². The number of carbonyl (C=O) groups is 1. The summed E-state index contributed by atoms with van der Waals surface area (Å²) >= 11 is 0. The molecule has 1 saturated heterocycles. The van der Waals surface area contributed by atoms with Gasteiger partial charge in [0.05, 0.1) is 12.5 Å². The van der Waals surface area contributed by atoms with Gasteiger partial charge in [0, 0.05) is 48.6 Å². The molecule has 10 heteroatoms. The Morgan fingerprint density at radius 1 is 1.23 bits per heavy atom. The summed E-state index contributed by atoms with van der Waals surface area (Å²) in [4.78, 5) is 16.8. The second kappa shape index (κ2) is 8.64. The number of amides is 1. The quantitative estimate of drug-likeness (QED) is 0.627. The van der Waals surface area contributed by atoms with Crippen LogP contribution >= 0.6 is 0 Å². The zero-order valence-corrected chi connectivity index (χ0v) is 18.2. The van der Waals surface area contributed by atoms with Crippen molar-refractivity contribution in [3.05, 3.63) is 49.1 Å². The van der Waals surface area contributed by atoms with E-state index in [2.05, 4.69) is 15.5 Å². The van der Waals surface area contributed by atoms with Gasteiger partial charge in [0.15, 0.2) is 10.8 Å². The number of benzene rings is 1. The molecule has 3 aromatic rings. The third-order valence-corrected chi connectivity index (χ3v) is 7.24. The first-order valence-corrected chi connectivity index (χ1v) is 11.6. The Hall–Kier alpha value is -2.98. The van der Waals surface area contributed by atoms with E-state index in [1.807, 2.05) is 38.1 Å². The Labute approximate surface area is 181 Å². The smallest absolute Gasteiger partial charge is 0.262 e. The monoisotopic (exact) mass is 443 g/mol. The molecule has 1 aromatic carbocycles. The fourth-order valence-electron chi connectivity index (χ4n) is 3.58. The molecule has 0 spiro atoms. The van der Waals surface area contributed by atoms with E-state index < -0.39 is 10.0 Å². The van der Waals surface area contributed by atoms with E-state index >= 15 is 0 Å². The van der Waals surface area contributed by atoms with Crippen LogP contribution in [0.4, 0.5) is 5.69 Å². The molecule has 0 aliphatic carbocycles. The summed E-state index contributed by atoms with van der Waals surface area (Å²) in [5, 5.41) is 6.68. The molecule has 9 nitrogen and oxygen atoms in total. The highest BCUT2D eigenvalue weighted by Gasteiger charge is 2.33. The topological polar surface area (TPSA) is 110 Å². The molecule has 164 valence electrons. The summed E-state index contributed by atoms with van der Waals surface area (Å²) in [5.74, 6) is 0.249. The average Bonchev–Trinajstić information content (AvgIpc) is 3.47. The largest absolute Gasteiger partial charge is 0.356 e. The number of carbonyl (C=O) groups excluding carboxylic acids is 1. The van der Waals surface area contributed by atoms with Gasteiger partial charge in [0.2, 0.25) is 5.91 Å². The van der Waals surface area contributed by atoms with Gasteiger partial charge in [0.25, 0.3) is 10.0 Å². The second-order valence-electron chi connectivity index (χ2n) is 7.88. The fraction of sp³-hybridized carbons (Fsp3) is 0.381. The molecule has 0 radical (unpaired) electrons. The number of piperidine rings is 1. The van der Waals surface area contributed by atoms with E-state index in [9.17, 15) is 13.2 Å². The summed E-state index contributed by atoms with van der Waals surface area (Å²) in [5.41, 5.74) is 1.48. The van der Waals surface area contributed by atoms with E-state index in [1.165, 1.54) is 10.6 Å². The molecule has 0 saturated carbocycles. The van der Waals surface area contributed by atoms with Crippen molar-refractivity contribution in [2.45, 2.75) is 37.8 Å². The molecular formula is C21H25N5O4S. The summed E-state index contributed by atoms with van der Waals surface area (Å²) in [7, 11) is -3.66. The average molecular weight is 444 g/mol. The summed E-state index contributed by atoms with van der Waals surface area (Å²) < 4.78 is 34.1. The zero-order chi connectivity index (χ0) is 22.0. The van der Waals surface area contributed by atoms with Gasteiger partial charge in [-0.15, -0.1) is 0 Å². The number of sulfonamides is 1. The number of nitrogens with one attached hydrogen (secondary N) is 1. The number of imidazole rings is 1. The Morgan fingerprint density at radius 3 is 2.65 bits per heavy atom. The van der Waals surface area contributed by atoms with Gasteiger partial charge in [-0.1, -0.05) is 17.3 Å². The standard InChI is InChI=1S/C21H25N5O4S/c1-15(2)25-13-20(22-14-25)31(28,29)26-10-7-16(8-11-26)21(27)24-18-5-3-4-17(12-18)19-6-9-23-30-19/h3-6,9,12-16H,7-8,10-11H2,1-2H3,(H,24,27). The molecule has 4 rings (SSSR count). The van der Waals surface area contributed by atoms with Crippen LogP contribution in [0.1, 0.15) is 32.7 Å². The van der Waals surface area contributed by atoms with E-state index in [0.29, 0.717) is 24.3 Å². The minimum atomic E-state index is -3.66. The molecule has 1 aliphatic heterocycles. The van der Waals surface area contributed by atoms with Crippen LogP contribution in [0.3, 0.4) is 0 Å². The first-order valence-electron chi connectivity index (χ1n) is 10.2. The van der Waals surface area contributed by atoms with Crippen molar-refractivity contribution in [1.82, 2.24) is 19.0 Å². The molecule has 31 heavy (non-hydrogen) atoms. The SMILES string of the molecule is CC(C)n1cnc(S(=O)(=O)N2CCC(C(=O)Nc3cccc(-c4ccno4)c3)CC2)c1. The lowest BCUT2D eigenvalue weighted by atomic mass is 9.97. The molecule has 1 fully saturated rings. The fourth-order valence-corrected chi connectivity index (χ4v) is 4.97. The van der Waals surface area contributed by atoms with Gasteiger partial charge in [-0.3, -0.25) is 4.79 Å². The van der Waals surface area contributed by atoms with Gasteiger partial charge in [-0.2, -0.15) is 4.31 Å². The van der Waals surface area contributed by atoms with Crippen LogP contribution < -0.4 is 5.32 Å². The minimum absolute atomic E-state index is 0.0494. The van der Waals surface area contributed by atoms with Crippen molar-refractivity contribution in [3.63, 3.8) is 0 Å². The van der Waals surface area contributed by atoms with E-state index in [1.54, 1.807) is 23.0 Å². The predicted molar refractivity (Wildman–Crippen MR) is 115 cm³/mol. The Bertz CT molecular complexity index is 1150. The normalized spacial score (nSPS) is 16.0. The van der Waals surface area contributed by atoms with E-state index in [0.717, 1.165) is 5.56 Å². The Morgan fingerprint density at radius 2 is 2.00 bits per heavy atom. The highest BCUT2D eigenvalue weighted by molar-refractivity contribution is 7.89. The molecule has 0 bridgehead atoms. The molecule has 0 atom stereocenters. The lowest BCUT2D eigenvalue weighted by molar-refractivity contribution is -0.120. The highest BCUT2D eigenvalue weighted by atomic mass is 32.2. The molecule has 1 aliphatic rings. The van der Waals surface area contributed by atoms with Crippen molar-refractivity contribution in [2.75, 3.05) is 18.4 Å². The lowest BCUT2D eigenvalue weighted by Crippen LogP contribution is -2.41. The third kappa shape index (κ3) is 4.54. The van der Waals surface area contributed by atoms with Crippen molar-refractivity contribution in [1.29, 1.82) is 0 Å². The van der Waals surface area contributed by atoms with Gasteiger partial charge in [0.1, 0.15) is 0 Å². The van der Waals surface area contributed by atoms with E-state index in [4.69, 9.17) is 4.52 Å². The number of nitrogens with zero attached hydrogens (tertiary/aromatic N) is 4. The number of hydrogen-bond donors (Lipinski definition) is 1. The molecule has 2 aromatic heterocycles. The highest BCUT2D eigenvalue weighted by Crippen LogP contribution is 2.26. The maximum absolute atomic E-state index is 12.9. The maximum Gasteiger partial charge on any atom is 0.262 e. The summed E-state index contributed by atoms with van der Waals surface area (Å²) in [6.07, 6.45) is 5.57. The van der Waals surface area contributed by atoms with Crippen molar-refractivity contribution >= 4 is 21.6 Å². The minimum Gasteiger partial charge on any atom is -0.356 e. The Balaban J connectivity index is 1.37. The summed E-state index contributed by atoms with van der Waals surface area (Å²) in [6, 6.07) is 9.22. The number of rotatable bonds is 6. The van der Waals surface area contributed by atoms with Crippen molar-refractivity contribution < 1.29 is 17.7 Å². The van der Waals surface area contributed by atoms with Crippen molar-refractivity contribution in [2.24, 2.45) is 5.92 Å². The number of anilines is 1. The van der Waals surface area contributed by atoms with Gasteiger partial charge in [-0.05, 0) is 38.8 Å². The first-order chi connectivity index (χ1) is 14.8. The van der Waals surface area contributed by atoms with Gasteiger partial charge < -0.3 is 14.4 Å². The molecule has 1 amide bonds. The van der Waals surface area contributed by atoms with Crippen molar-refractivity contribution in [3.8, 4) is 11.3 Å². The predicted octanol–water partition coefficient (Wildman–Crippen LogP) is 3.16.